The normalized spacial score (nSPS) is 22.6. The number of rotatable bonds is 8. The molecule has 1 amide bonds. The van der Waals surface area contributed by atoms with Gasteiger partial charge in [0.1, 0.15) is 6.33 Å². The third kappa shape index (κ3) is 6.43. The molecule has 3 fully saturated rings. The summed E-state index contributed by atoms with van der Waals surface area (Å²) >= 11 is 0. The van der Waals surface area contributed by atoms with Crippen molar-refractivity contribution in [1.29, 1.82) is 0 Å². The van der Waals surface area contributed by atoms with Gasteiger partial charge in [-0.1, -0.05) is 48.5 Å². The number of sulfonamides is 1. The molecule has 3 saturated heterocycles. The lowest BCUT2D eigenvalue weighted by molar-refractivity contribution is -0.0479. The predicted molar refractivity (Wildman–Crippen MR) is 175 cm³/mol. The van der Waals surface area contributed by atoms with Gasteiger partial charge in [0.05, 0.1) is 21.8 Å². The third-order valence-electron chi connectivity index (χ3n) is 10.5. The van der Waals surface area contributed by atoms with Gasteiger partial charge in [-0.2, -0.15) is 4.31 Å². The minimum Gasteiger partial charge on any atom is -0.338 e. The van der Waals surface area contributed by atoms with Gasteiger partial charge in [0.25, 0.3) is 5.91 Å². The summed E-state index contributed by atoms with van der Waals surface area (Å²) in [6.45, 7) is 13.9. The molecule has 2 atom stereocenters. The first-order chi connectivity index (χ1) is 21.6. The molecule has 0 spiro atoms. The number of hydrogen-bond donors (Lipinski definition) is 0. The first-order valence-corrected chi connectivity index (χ1v) is 17.7. The van der Waals surface area contributed by atoms with Gasteiger partial charge in [-0.05, 0) is 64.7 Å². The van der Waals surface area contributed by atoms with Crippen LogP contribution in [0, 0.1) is 19.8 Å². The van der Waals surface area contributed by atoms with Gasteiger partial charge in [-0.25, -0.2) is 18.4 Å². The van der Waals surface area contributed by atoms with Crippen LogP contribution >= 0.6 is 0 Å². The molecule has 3 aliphatic heterocycles. The third-order valence-corrected chi connectivity index (χ3v) is 12.4. The summed E-state index contributed by atoms with van der Waals surface area (Å²) in [7, 11) is -3.48. The van der Waals surface area contributed by atoms with E-state index in [0.29, 0.717) is 29.6 Å². The second-order valence-electron chi connectivity index (χ2n) is 13.4. The van der Waals surface area contributed by atoms with E-state index in [0.717, 1.165) is 63.4 Å². The Hall–Kier alpha value is -3.18. The molecule has 1 aromatic heterocycles. The van der Waals surface area contributed by atoms with Crippen LogP contribution in [0.15, 0.2) is 71.9 Å². The number of carbonyl (C=O) groups excluding carboxylic acids is 1. The summed E-state index contributed by atoms with van der Waals surface area (Å²) in [5, 5.41) is 0. The van der Waals surface area contributed by atoms with Gasteiger partial charge in [0.2, 0.25) is 10.0 Å². The lowest BCUT2D eigenvalue weighted by Crippen LogP contribution is -2.66. The molecule has 2 aromatic carbocycles. The maximum absolute atomic E-state index is 13.4. The minimum absolute atomic E-state index is 0.0281. The van der Waals surface area contributed by atoms with Crippen LogP contribution in [-0.2, 0) is 16.4 Å². The molecule has 0 N–H and O–H groups in total. The van der Waals surface area contributed by atoms with Crippen molar-refractivity contribution in [3.8, 4) is 0 Å². The van der Waals surface area contributed by atoms with E-state index < -0.39 is 10.0 Å². The Morgan fingerprint density at radius 3 is 2.09 bits per heavy atom. The number of piperazine rings is 1. The molecule has 10 heteroatoms. The molecule has 3 aromatic rings. The largest absolute Gasteiger partial charge is 0.338 e. The number of benzene rings is 2. The Labute approximate surface area is 268 Å². The fourth-order valence-corrected chi connectivity index (χ4v) is 9.16. The number of aryl methyl sites for hydroxylation is 2. The molecule has 4 heterocycles. The second kappa shape index (κ2) is 12.9. The second-order valence-corrected chi connectivity index (χ2v) is 15.3. The highest BCUT2D eigenvalue weighted by atomic mass is 32.2. The Morgan fingerprint density at radius 2 is 1.49 bits per heavy atom. The number of likely N-dealkylation sites (tertiary alicyclic amines) is 1. The van der Waals surface area contributed by atoms with Crippen molar-refractivity contribution in [2.24, 2.45) is 5.92 Å². The summed E-state index contributed by atoms with van der Waals surface area (Å²) in [5.41, 5.74) is 3.44. The topological polar surface area (TPSA) is 90.0 Å². The highest BCUT2D eigenvalue weighted by Gasteiger charge is 2.46. The Morgan fingerprint density at radius 1 is 0.889 bits per heavy atom. The maximum Gasteiger partial charge on any atom is 0.257 e. The van der Waals surface area contributed by atoms with Gasteiger partial charge < -0.3 is 4.90 Å². The van der Waals surface area contributed by atoms with Crippen molar-refractivity contribution in [2.75, 3.05) is 45.8 Å². The first kappa shape index (κ1) is 31.8. The molecule has 0 radical (unpaired) electrons. The average molecular weight is 631 g/mol. The van der Waals surface area contributed by atoms with Crippen LogP contribution in [0.3, 0.4) is 0 Å². The molecule has 0 bridgehead atoms. The van der Waals surface area contributed by atoms with Gasteiger partial charge in [-0.15, -0.1) is 0 Å². The van der Waals surface area contributed by atoms with Gasteiger partial charge in [-0.3, -0.25) is 14.6 Å². The number of nitrogens with zero attached hydrogens (tertiary/aromatic N) is 6. The van der Waals surface area contributed by atoms with Crippen molar-refractivity contribution in [3.63, 3.8) is 0 Å². The van der Waals surface area contributed by atoms with Crippen molar-refractivity contribution in [3.05, 3.63) is 89.5 Å². The van der Waals surface area contributed by atoms with Crippen LogP contribution in [0.1, 0.15) is 54.0 Å². The van der Waals surface area contributed by atoms with E-state index in [1.54, 1.807) is 28.6 Å². The molecule has 9 nitrogen and oxygen atoms in total. The molecule has 0 unspecified atom stereocenters. The fraction of sp³-hybridized carbons (Fsp3) is 0.514. The zero-order valence-corrected chi connectivity index (χ0v) is 27.8. The molecule has 45 heavy (non-hydrogen) atoms. The molecular formula is C35H46N6O3S. The average Bonchev–Trinajstić information content (AvgIpc) is 3.01. The van der Waals surface area contributed by atoms with Crippen molar-refractivity contribution >= 4 is 15.9 Å². The zero-order chi connectivity index (χ0) is 31.8. The summed E-state index contributed by atoms with van der Waals surface area (Å²) in [6, 6.07) is 20.0. The molecular weight excluding hydrogens is 584 g/mol. The monoisotopic (exact) mass is 630 g/mol. The zero-order valence-electron chi connectivity index (χ0n) is 27.0. The van der Waals surface area contributed by atoms with E-state index in [-0.39, 0.29) is 23.4 Å². The summed E-state index contributed by atoms with van der Waals surface area (Å²) < 4.78 is 28.2. The molecule has 0 saturated carbocycles. The van der Waals surface area contributed by atoms with Crippen molar-refractivity contribution in [1.82, 2.24) is 29.0 Å². The number of aromatic nitrogens is 2. The first-order valence-electron chi connectivity index (χ1n) is 16.2. The van der Waals surface area contributed by atoms with E-state index in [1.165, 1.54) is 11.9 Å². The Bertz CT molecular complexity index is 1570. The fourth-order valence-electron chi connectivity index (χ4n) is 7.58. The van der Waals surface area contributed by atoms with E-state index in [4.69, 9.17) is 0 Å². The lowest BCUT2D eigenvalue weighted by Gasteiger charge is -2.55. The smallest absolute Gasteiger partial charge is 0.257 e. The summed E-state index contributed by atoms with van der Waals surface area (Å²) in [6.07, 6.45) is 4.29. The van der Waals surface area contributed by atoms with Crippen LogP contribution in [0.4, 0.5) is 0 Å². The molecule has 0 aliphatic carbocycles. The van der Waals surface area contributed by atoms with Crippen LogP contribution in [0.25, 0.3) is 0 Å². The molecule has 6 rings (SSSR count). The van der Waals surface area contributed by atoms with Gasteiger partial charge in [0, 0.05) is 69.4 Å². The van der Waals surface area contributed by atoms with Crippen LogP contribution < -0.4 is 0 Å². The van der Waals surface area contributed by atoms with E-state index >= 15 is 0 Å². The van der Waals surface area contributed by atoms with Crippen LogP contribution in [0.5, 0.6) is 0 Å². The van der Waals surface area contributed by atoms with E-state index in [2.05, 4.69) is 57.9 Å². The maximum atomic E-state index is 13.4. The Kier molecular flexibility index (Phi) is 9.12. The minimum atomic E-state index is -3.48. The Balaban J connectivity index is 1.11. The summed E-state index contributed by atoms with van der Waals surface area (Å²) in [4.78, 5) is 29.6. The predicted octanol–water partition coefficient (Wildman–Crippen LogP) is 4.03. The van der Waals surface area contributed by atoms with Gasteiger partial charge in [0.15, 0.2) is 0 Å². The SMILES string of the molecule is Cc1ncnc(C)c1C(=O)N1CCC(C)(N2CCN([C@@H](Cc3ccccc3)C3CN(S(=O)(=O)c4ccccc4)C3)[C@@H](C)C2)CC1. The highest BCUT2D eigenvalue weighted by Crippen LogP contribution is 2.35. The molecule has 240 valence electrons. The highest BCUT2D eigenvalue weighted by molar-refractivity contribution is 7.89. The lowest BCUT2D eigenvalue weighted by atomic mass is 9.84. The van der Waals surface area contributed by atoms with Crippen LogP contribution in [0.2, 0.25) is 0 Å². The number of piperidine rings is 1. The van der Waals surface area contributed by atoms with E-state index in [9.17, 15) is 13.2 Å². The summed E-state index contributed by atoms with van der Waals surface area (Å²) in [5.74, 6) is 0.315. The number of amides is 1. The van der Waals surface area contributed by atoms with Crippen molar-refractivity contribution in [2.45, 2.75) is 69.5 Å². The van der Waals surface area contributed by atoms with Gasteiger partial charge >= 0.3 is 0 Å². The quantitative estimate of drug-likeness (QED) is 0.372. The van der Waals surface area contributed by atoms with Crippen molar-refractivity contribution < 1.29 is 13.2 Å². The van der Waals surface area contributed by atoms with E-state index in [1.807, 2.05) is 30.9 Å². The van der Waals surface area contributed by atoms with Crippen LogP contribution in [-0.4, -0.2) is 107 Å². The number of hydrogen-bond acceptors (Lipinski definition) is 7. The molecule has 3 aliphatic rings. The standard InChI is InChI=1S/C35H46N6O3S/c1-26-22-39(35(4)15-17-38(18-16-35)34(42)33-27(2)36-25-37-28(33)3)19-20-41(26)32(21-29-11-7-5-8-12-29)30-23-40(24-30)45(43,44)31-13-9-6-10-14-31/h5-14,25-26,30,32H,15-24H2,1-4H3/t26-,32-/m0/s1. The number of carbonyl (C=O) groups is 1.